The second-order valence-electron chi connectivity index (χ2n) is 14.1. The quantitative estimate of drug-likeness (QED) is 0.284. The van der Waals surface area contributed by atoms with E-state index < -0.39 is 11.2 Å². The van der Waals surface area contributed by atoms with E-state index in [-0.39, 0.29) is 30.5 Å². The van der Waals surface area contributed by atoms with Crippen molar-refractivity contribution in [2.24, 2.45) is 0 Å². The molecule has 0 saturated carbocycles. The van der Waals surface area contributed by atoms with Gasteiger partial charge in [0.2, 0.25) is 0 Å². The zero-order valence-corrected chi connectivity index (χ0v) is 31.9. The molecular formula is C32H48BBrN4O6S2. The molecule has 1 fully saturated rings. The lowest BCUT2D eigenvalue weighted by atomic mass is 9.75. The van der Waals surface area contributed by atoms with Crippen LogP contribution in [-0.2, 0) is 18.8 Å². The van der Waals surface area contributed by atoms with Gasteiger partial charge in [-0.05, 0) is 109 Å². The Labute approximate surface area is 290 Å². The molecule has 0 bridgehead atoms. The van der Waals surface area contributed by atoms with Gasteiger partial charge >= 0.3 is 19.3 Å². The fraction of sp³-hybridized carbons (Fsp3) is 0.625. The number of amides is 2. The molecule has 2 aromatic rings. The maximum atomic E-state index is 12.1. The van der Waals surface area contributed by atoms with Crippen LogP contribution >= 0.6 is 38.6 Å². The van der Waals surface area contributed by atoms with Gasteiger partial charge in [-0.3, -0.25) is 0 Å². The van der Waals surface area contributed by atoms with Crippen LogP contribution in [0.2, 0.25) is 0 Å². The lowest BCUT2D eigenvalue weighted by Gasteiger charge is -2.32. The van der Waals surface area contributed by atoms with Crippen LogP contribution in [0.25, 0.3) is 5.57 Å². The van der Waals surface area contributed by atoms with E-state index in [9.17, 15) is 9.59 Å². The Kier molecular flexibility index (Phi) is 13.1. The van der Waals surface area contributed by atoms with Crippen molar-refractivity contribution in [2.45, 2.75) is 104 Å². The average Bonchev–Trinajstić information content (AvgIpc) is 3.69. The topological polar surface area (TPSA) is 103 Å². The highest BCUT2D eigenvalue weighted by Gasteiger charge is 2.52. The predicted molar refractivity (Wildman–Crippen MR) is 189 cm³/mol. The summed E-state index contributed by atoms with van der Waals surface area (Å²) in [7, 11) is -0.314. The molecular weight excluding hydrogens is 691 g/mol. The van der Waals surface area contributed by atoms with Crippen LogP contribution in [0.1, 0.15) is 87.1 Å². The smallest absolute Gasteiger partial charge is 0.444 e. The van der Waals surface area contributed by atoms with E-state index in [2.05, 4.69) is 32.0 Å². The first-order valence-electron chi connectivity index (χ1n) is 15.4. The highest BCUT2D eigenvalue weighted by atomic mass is 79.9. The number of thiazole rings is 2. The van der Waals surface area contributed by atoms with Crippen molar-refractivity contribution in [3.8, 4) is 0 Å². The number of carbonyl (C=O) groups is 2. The van der Waals surface area contributed by atoms with E-state index in [1.165, 1.54) is 5.57 Å². The third kappa shape index (κ3) is 11.8. The van der Waals surface area contributed by atoms with E-state index in [0.29, 0.717) is 26.2 Å². The maximum absolute atomic E-state index is 12.1. The molecule has 2 aromatic heterocycles. The summed E-state index contributed by atoms with van der Waals surface area (Å²) < 4.78 is 23.8. The summed E-state index contributed by atoms with van der Waals surface area (Å²) in [5.74, 6) is 0. The molecule has 0 N–H and O–H groups in total. The van der Waals surface area contributed by atoms with Gasteiger partial charge in [-0.25, -0.2) is 19.6 Å². The van der Waals surface area contributed by atoms with Crippen molar-refractivity contribution in [3.63, 3.8) is 0 Å². The van der Waals surface area contributed by atoms with Crippen LogP contribution in [0, 0.1) is 0 Å². The fourth-order valence-corrected chi connectivity index (χ4v) is 5.84. The fourth-order valence-electron chi connectivity index (χ4n) is 4.33. The number of hydrogen-bond donors (Lipinski definition) is 0. The number of halogens is 1. The summed E-state index contributed by atoms with van der Waals surface area (Å²) in [4.78, 5) is 35.5. The maximum Gasteiger partial charge on any atom is 0.490 e. The van der Waals surface area contributed by atoms with E-state index in [4.69, 9.17) is 18.8 Å². The summed E-state index contributed by atoms with van der Waals surface area (Å²) in [5, 5.41) is 4.94. The first-order chi connectivity index (χ1) is 21.3. The standard InChI is InChI=1S/C16H28BNO4.C13H18N2O2S.C3H2BrNS/c1-14(2,3)20-13(19)18-10-8-12(9-11-18)17-21-15(4,5)16(6,7)22-17;1-13(2,3)17-12(16)15-7-4-10(5-8-15)11-14-6-9-18-11;4-3-5-1-2-6-3/h8H,9-11H2,1-7H3;4,6,9H,5,7-8H2,1-3H3;1-2H. The molecule has 0 spiro atoms. The molecule has 10 nitrogen and oxygen atoms in total. The number of carbonyl (C=O) groups excluding carboxylic acids is 2. The van der Waals surface area contributed by atoms with Gasteiger partial charge in [0.05, 0.1) is 11.2 Å². The Balaban J connectivity index is 0.000000214. The number of ether oxygens (including phenoxy) is 2. The van der Waals surface area contributed by atoms with Crippen molar-refractivity contribution in [1.82, 2.24) is 19.8 Å². The lowest BCUT2D eigenvalue weighted by molar-refractivity contribution is 0.00578. The number of aromatic nitrogens is 2. The zero-order valence-electron chi connectivity index (χ0n) is 28.7. The third-order valence-electron chi connectivity index (χ3n) is 7.42. The van der Waals surface area contributed by atoms with Crippen molar-refractivity contribution < 1.29 is 28.4 Å². The van der Waals surface area contributed by atoms with E-state index >= 15 is 0 Å². The molecule has 5 rings (SSSR count). The van der Waals surface area contributed by atoms with Crippen LogP contribution in [0.3, 0.4) is 0 Å². The summed E-state index contributed by atoms with van der Waals surface area (Å²) >= 11 is 6.41. The Morgan fingerprint density at radius 1 is 0.826 bits per heavy atom. The van der Waals surface area contributed by atoms with E-state index in [1.54, 1.807) is 44.9 Å². The number of rotatable bonds is 2. The lowest BCUT2D eigenvalue weighted by Crippen LogP contribution is -2.41. The second kappa shape index (κ2) is 15.8. The molecule has 14 heteroatoms. The van der Waals surface area contributed by atoms with Crippen LogP contribution < -0.4 is 0 Å². The summed E-state index contributed by atoms with van der Waals surface area (Å²) in [6, 6.07) is 0. The molecule has 5 heterocycles. The van der Waals surface area contributed by atoms with Gasteiger partial charge in [-0.1, -0.05) is 12.2 Å². The highest BCUT2D eigenvalue weighted by Crippen LogP contribution is 2.39. The average molecular weight is 740 g/mol. The van der Waals surface area contributed by atoms with E-state index in [0.717, 1.165) is 27.2 Å². The second-order valence-corrected chi connectivity index (χ2v) is 17.1. The molecule has 0 aliphatic carbocycles. The minimum Gasteiger partial charge on any atom is -0.444 e. The van der Waals surface area contributed by atoms with Crippen molar-refractivity contribution in [2.75, 3.05) is 26.2 Å². The largest absolute Gasteiger partial charge is 0.490 e. The van der Waals surface area contributed by atoms with Crippen LogP contribution in [0.5, 0.6) is 0 Å². The summed E-state index contributed by atoms with van der Waals surface area (Å²) in [6.07, 6.45) is 8.73. The number of nitrogens with zero attached hydrogens (tertiary/aromatic N) is 4. The van der Waals surface area contributed by atoms with Gasteiger partial charge in [-0.2, -0.15) is 0 Å². The molecule has 0 atom stereocenters. The normalized spacial score (nSPS) is 19.2. The molecule has 0 aromatic carbocycles. The van der Waals surface area contributed by atoms with Crippen LogP contribution in [0.15, 0.2) is 44.7 Å². The summed E-state index contributed by atoms with van der Waals surface area (Å²) in [5.41, 5.74) is 0.772. The molecule has 3 aliphatic heterocycles. The van der Waals surface area contributed by atoms with Gasteiger partial charge in [0.25, 0.3) is 0 Å². The zero-order chi connectivity index (χ0) is 34.3. The van der Waals surface area contributed by atoms with Crippen LogP contribution in [0.4, 0.5) is 9.59 Å². The molecule has 3 aliphatic rings. The van der Waals surface area contributed by atoms with Gasteiger partial charge in [0.1, 0.15) is 16.2 Å². The highest BCUT2D eigenvalue weighted by molar-refractivity contribution is 9.11. The molecule has 46 heavy (non-hydrogen) atoms. The van der Waals surface area contributed by atoms with Gasteiger partial charge in [0, 0.05) is 49.3 Å². The monoisotopic (exact) mass is 738 g/mol. The van der Waals surface area contributed by atoms with Crippen molar-refractivity contribution >= 4 is 63.5 Å². The first kappa shape index (κ1) is 38.2. The Bertz CT molecular complexity index is 1340. The van der Waals surface area contributed by atoms with Gasteiger partial charge < -0.3 is 28.6 Å². The Morgan fingerprint density at radius 3 is 1.67 bits per heavy atom. The number of hydrogen-bond acceptors (Lipinski definition) is 10. The first-order valence-corrected chi connectivity index (χ1v) is 18.0. The summed E-state index contributed by atoms with van der Waals surface area (Å²) in [6.45, 7) is 21.9. The van der Waals surface area contributed by atoms with Gasteiger partial charge in [-0.15, -0.1) is 22.7 Å². The molecule has 1 saturated heterocycles. The molecule has 0 unspecified atom stereocenters. The minimum absolute atomic E-state index is 0.239. The minimum atomic E-state index is -0.465. The van der Waals surface area contributed by atoms with Gasteiger partial charge in [0.15, 0.2) is 3.92 Å². The SMILES string of the molecule is Brc1nccs1.CC(C)(C)OC(=O)N1CC=C(B2OC(C)(C)C(C)(C)O2)CC1.CC(C)(C)OC(=O)N1CC=C(c2nccs2)CC1. The van der Waals surface area contributed by atoms with Crippen molar-refractivity contribution in [1.29, 1.82) is 0 Å². The van der Waals surface area contributed by atoms with Crippen molar-refractivity contribution in [3.05, 3.63) is 49.7 Å². The third-order valence-corrected chi connectivity index (χ3v) is 9.59. The Morgan fingerprint density at radius 2 is 1.33 bits per heavy atom. The molecule has 2 amide bonds. The van der Waals surface area contributed by atoms with E-state index in [1.807, 2.05) is 86.1 Å². The molecule has 254 valence electrons. The van der Waals surface area contributed by atoms with Crippen LogP contribution in [-0.4, -0.2) is 87.7 Å². The Hall–Kier alpha value is -2.26. The molecule has 0 radical (unpaired) electrons. The predicted octanol–water partition coefficient (Wildman–Crippen LogP) is 8.26.